The highest BCUT2D eigenvalue weighted by Crippen LogP contribution is 2.19. The van der Waals surface area contributed by atoms with Crippen LogP contribution in [0.5, 0.6) is 0 Å². The summed E-state index contributed by atoms with van der Waals surface area (Å²) < 4.78 is 36.5. The number of alkyl halides is 2. The van der Waals surface area contributed by atoms with Crippen molar-refractivity contribution in [1.82, 2.24) is 4.98 Å². The van der Waals surface area contributed by atoms with Gasteiger partial charge in [0, 0.05) is 0 Å². The van der Waals surface area contributed by atoms with Crippen LogP contribution >= 0.6 is 0 Å². The highest BCUT2D eigenvalue weighted by Gasteiger charge is 2.17. The lowest BCUT2D eigenvalue weighted by atomic mass is 10.3. The van der Waals surface area contributed by atoms with Crippen molar-refractivity contribution in [3.63, 3.8) is 0 Å². The maximum atomic E-state index is 12.5. The van der Waals surface area contributed by atoms with Crippen LogP contribution in [0.25, 0.3) is 0 Å². The van der Waals surface area contributed by atoms with Gasteiger partial charge in [-0.05, 0) is 12.1 Å². The molecule has 1 N–H and O–H groups in total. The molecule has 0 fully saturated rings. The van der Waals surface area contributed by atoms with Gasteiger partial charge in [0.15, 0.2) is 5.82 Å². The molecule has 0 spiro atoms. The molecule has 6 heteroatoms. The molecule has 1 rings (SSSR count). The Balaban J connectivity index is 3.19. The van der Waals surface area contributed by atoms with Gasteiger partial charge in [-0.15, -0.1) is 0 Å². The monoisotopic (exact) mass is 191 g/mol. The molecule has 1 aromatic heterocycles. The molecular weight excluding hydrogens is 187 g/mol. The van der Waals surface area contributed by atoms with Crippen molar-refractivity contribution in [2.45, 2.75) is 6.43 Å². The fourth-order valence-electron chi connectivity index (χ4n) is 0.730. The number of rotatable bonds is 2. The zero-order valence-corrected chi connectivity index (χ0v) is 6.17. The third-order valence-corrected chi connectivity index (χ3v) is 1.30. The third-order valence-electron chi connectivity index (χ3n) is 1.30. The first-order chi connectivity index (χ1) is 6.02. The summed E-state index contributed by atoms with van der Waals surface area (Å²) in [5.41, 5.74) is -1.74. The Labute approximate surface area is 70.8 Å². The predicted molar refractivity (Wildman–Crippen MR) is 36.1 cm³/mol. The SMILES string of the molecule is O=C(O)c1ccc(F)c(C(F)F)n1. The van der Waals surface area contributed by atoms with Gasteiger partial charge >= 0.3 is 5.97 Å². The lowest BCUT2D eigenvalue weighted by Gasteiger charge is -2.01. The van der Waals surface area contributed by atoms with Crippen LogP contribution in [0.15, 0.2) is 12.1 Å². The molecule has 0 aliphatic heterocycles. The molecule has 0 aliphatic rings. The van der Waals surface area contributed by atoms with Crippen molar-refractivity contribution < 1.29 is 23.1 Å². The summed E-state index contributed by atoms with van der Waals surface area (Å²) in [7, 11) is 0. The van der Waals surface area contributed by atoms with E-state index in [1.54, 1.807) is 0 Å². The minimum absolute atomic E-state index is 0.600. The molecule has 0 saturated carbocycles. The third kappa shape index (κ3) is 1.95. The van der Waals surface area contributed by atoms with Crippen LogP contribution < -0.4 is 0 Å². The summed E-state index contributed by atoms with van der Waals surface area (Å²) in [5, 5.41) is 8.35. The highest BCUT2D eigenvalue weighted by molar-refractivity contribution is 5.85. The van der Waals surface area contributed by atoms with Crippen LogP contribution in [0.1, 0.15) is 22.6 Å². The number of nitrogens with zero attached hydrogens (tertiary/aromatic N) is 1. The second kappa shape index (κ2) is 3.42. The minimum Gasteiger partial charge on any atom is -0.477 e. The maximum Gasteiger partial charge on any atom is 0.354 e. The van der Waals surface area contributed by atoms with Crippen molar-refractivity contribution in [3.8, 4) is 0 Å². The van der Waals surface area contributed by atoms with Gasteiger partial charge < -0.3 is 5.11 Å². The lowest BCUT2D eigenvalue weighted by Crippen LogP contribution is -2.05. The zero-order valence-electron chi connectivity index (χ0n) is 6.17. The van der Waals surface area contributed by atoms with Crippen molar-refractivity contribution >= 4 is 5.97 Å². The number of pyridine rings is 1. The van der Waals surface area contributed by atoms with Crippen LogP contribution in [-0.4, -0.2) is 16.1 Å². The molecule has 1 heterocycles. The van der Waals surface area contributed by atoms with E-state index in [1.165, 1.54) is 0 Å². The molecule has 3 nitrogen and oxygen atoms in total. The van der Waals surface area contributed by atoms with Gasteiger partial charge in [-0.3, -0.25) is 0 Å². The molecule has 0 amide bonds. The summed E-state index contributed by atoms with van der Waals surface area (Å²) in [6.07, 6.45) is -3.11. The normalized spacial score (nSPS) is 10.5. The number of carboxylic acid groups (broad SMARTS) is 1. The second-order valence-electron chi connectivity index (χ2n) is 2.17. The molecule has 0 bridgehead atoms. The molecule has 1 aromatic rings. The molecule has 0 aliphatic carbocycles. The van der Waals surface area contributed by atoms with Crippen molar-refractivity contribution in [3.05, 3.63) is 29.3 Å². The average molecular weight is 191 g/mol. The van der Waals surface area contributed by atoms with Crippen LogP contribution in [0.4, 0.5) is 13.2 Å². The fourth-order valence-corrected chi connectivity index (χ4v) is 0.730. The van der Waals surface area contributed by atoms with Crippen molar-refractivity contribution in [1.29, 1.82) is 0 Å². The average Bonchev–Trinajstić information content (AvgIpc) is 2.04. The van der Waals surface area contributed by atoms with E-state index in [0.717, 1.165) is 6.07 Å². The molecule has 0 atom stereocenters. The van der Waals surface area contributed by atoms with E-state index in [2.05, 4.69) is 4.98 Å². The fraction of sp³-hybridized carbons (Fsp3) is 0.143. The van der Waals surface area contributed by atoms with E-state index in [1.807, 2.05) is 0 Å². The van der Waals surface area contributed by atoms with Gasteiger partial charge in [-0.1, -0.05) is 0 Å². The van der Waals surface area contributed by atoms with Crippen LogP contribution in [0, 0.1) is 5.82 Å². The highest BCUT2D eigenvalue weighted by atomic mass is 19.3. The van der Waals surface area contributed by atoms with E-state index in [-0.39, 0.29) is 0 Å². The number of aromatic nitrogens is 1. The van der Waals surface area contributed by atoms with Crippen molar-refractivity contribution in [2.75, 3.05) is 0 Å². The van der Waals surface area contributed by atoms with Gasteiger partial charge in [0.25, 0.3) is 6.43 Å². The Kier molecular flexibility index (Phi) is 2.50. The first-order valence-electron chi connectivity index (χ1n) is 3.20. The van der Waals surface area contributed by atoms with Crippen LogP contribution in [0.2, 0.25) is 0 Å². The molecule has 70 valence electrons. The Morgan fingerprint density at radius 2 is 2.08 bits per heavy atom. The van der Waals surface area contributed by atoms with Gasteiger partial charge in [-0.25, -0.2) is 22.9 Å². The van der Waals surface area contributed by atoms with E-state index in [0.29, 0.717) is 6.07 Å². The van der Waals surface area contributed by atoms with E-state index < -0.39 is 29.6 Å². The number of carbonyl (C=O) groups is 1. The summed E-state index contributed by atoms with van der Waals surface area (Å²) >= 11 is 0. The standard InChI is InChI=1S/C7H4F3NO2/c8-3-1-2-4(7(12)13)11-5(3)6(9)10/h1-2,6H,(H,12,13). The van der Waals surface area contributed by atoms with E-state index >= 15 is 0 Å². The summed E-state index contributed by atoms with van der Waals surface area (Å²) in [6, 6.07) is 1.47. The van der Waals surface area contributed by atoms with Crippen molar-refractivity contribution in [2.24, 2.45) is 0 Å². The first-order valence-corrected chi connectivity index (χ1v) is 3.20. The van der Waals surface area contributed by atoms with Gasteiger partial charge in [-0.2, -0.15) is 0 Å². The number of halogens is 3. The van der Waals surface area contributed by atoms with Gasteiger partial charge in [0.2, 0.25) is 0 Å². The zero-order chi connectivity index (χ0) is 10.0. The molecule has 13 heavy (non-hydrogen) atoms. The van der Waals surface area contributed by atoms with E-state index in [4.69, 9.17) is 5.11 Å². The van der Waals surface area contributed by atoms with Crippen LogP contribution in [0.3, 0.4) is 0 Å². The molecule has 0 unspecified atom stereocenters. The topological polar surface area (TPSA) is 50.2 Å². The number of hydrogen-bond donors (Lipinski definition) is 1. The first kappa shape index (κ1) is 9.50. The van der Waals surface area contributed by atoms with Crippen LogP contribution in [-0.2, 0) is 0 Å². The molecule has 0 aromatic carbocycles. The smallest absolute Gasteiger partial charge is 0.354 e. The predicted octanol–water partition coefficient (Wildman–Crippen LogP) is 1.86. The summed E-state index contributed by atoms with van der Waals surface area (Å²) in [6.45, 7) is 0. The Hall–Kier alpha value is -1.59. The largest absolute Gasteiger partial charge is 0.477 e. The Morgan fingerprint density at radius 3 is 2.54 bits per heavy atom. The number of carboxylic acids is 1. The molecular formula is C7H4F3NO2. The number of hydrogen-bond acceptors (Lipinski definition) is 2. The molecule has 0 saturated heterocycles. The lowest BCUT2D eigenvalue weighted by molar-refractivity contribution is 0.0688. The van der Waals surface area contributed by atoms with Gasteiger partial charge in [0.05, 0.1) is 0 Å². The quantitative estimate of drug-likeness (QED) is 0.776. The summed E-state index contributed by atoms with van der Waals surface area (Å²) in [4.78, 5) is 13.2. The molecule has 0 radical (unpaired) electrons. The Bertz CT molecular complexity index is 341. The summed E-state index contributed by atoms with van der Waals surface area (Å²) in [5.74, 6) is -2.68. The van der Waals surface area contributed by atoms with E-state index in [9.17, 15) is 18.0 Å². The Morgan fingerprint density at radius 1 is 1.46 bits per heavy atom. The maximum absolute atomic E-state index is 12.5. The second-order valence-corrected chi connectivity index (χ2v) is 2.17. The number of aromatic carboxylic acids is 1. The van der Waals surface area contributed by atoms with Gasteiger partial charge in [0.1, 0.15) is 11.4 Å². The minimum atomic E-state index is -3.11.